The minimum Gasteiger partial charge on any atom is -0.306 e. The number of aryl methyl sites for hydroxylation is 1. The van der Waals surface area contributed by atoms with E-state index < -0.39 is 0 Å². The second-order valence-electron chi connectivity index (χ2n) is 2.31. The number of ketones is 1. The Kier molecular flexibility index (Phi) is 2.53. The first-order valence-corrected chi connectivity index (χ1v) is 3.70. The lowest BCUT2D eigenvalue weighted by molar-refractivity contribution is -0.117. The van der Waals surface area contributed by atoms with E-state index in [2.05, 4.69) is 10.2 Å². The first-order chi connectivity index (χ1) is 5.20. The Morgan fingerprint density at radius 2 is 2.64 bits per heavy atom. The van der Waals surface area contributed by atoms with Gasteiger partial charge in [-0.05, 0) is 19.1 Å². The molecule has 0 unspecified atom stereocenters. The van der Waals surface area contributed by atoms with Gasteiger partial charge in [-0.15, -0.1) is 0 Å². The average Bonchev–Trinajstić information content (AvgIpc) is 2.31. The van der Waals surface area contributed by atoms with Gasteiger partial charge in [0.1, 0.15) is 12.1 Å². The Morgan fingerprint density at radius 1 is 1.91 bits per heavy atom. The third kappa shape index (κ3) is 2.27. The van der Waals surface area contributed by atoms with E-state index in [4.69, 9.17) is 12.2 Å². The highest BCUT2D eigenvalue weighted by Gasteiger charge is 1.95. The summed E-state index contributed by atoms with van der Waals surface area (Å²) in [5, 5.41) is 6.33. The Balaban J connectivity index is 2.58. The van der Waals surface area contributed by atoms with Crippen molar-refractivity contribution in [3.63, 3.8) is 0 Å². The number of aromatic amines is 1. The highest BCUT2D eigenvalue weighted by molar-refractivity contribution is 7.71. The van der Waals surface area contributed by atoms with Gasteiger partial charge in [-0.25, -0.2) is 0 Å². The summed E-state index contributed by atoms with van der Waals surface area (Å²) in [5.74, 6) is 0.160. The molecule has 0 aliphatic rings. The van der Waals surface area contributed by atoms with E-state index in [-0.39, 0.29) is 5.78 Å². The number of hydrogen-bond donors (Lipinski definition) is 1. The highest BCUT2D eigenvalue weighted by Crippen LogP contribution is 1.91. The van der Waals surface area contributed by atoms with Gasteiger partial charge in [-0.3, -0.25) is 9.89 Å². The molecule has 5 heteroatoms. The Hall–Kier alpha value is -0.970. The monoisotopic (exact) mass is 171 g/mol. The van der Waals surface area contributed by atoms with Gasteiger partial charge >= 0.3 is 0 Å². The number of rotatable bonds is 3. The molecule has 0 saturated carbocycles. The normalized spacial score (nSPS) is 9.91. The quantitative estimate of drug-likeness (QED) is 0.688. The van der Waals surface area contributed by atoms with Crippen LogP contribution in [-0.4, -0.2) is 20.5 Å². The molecule has 1 N–H and O–H groups in total. The number of carbonyl (C=O) groups excluding carboxylic acids is 1. The Labute approximate surface area is 69.2 Å². The zero-order valence-corrected chi connectivity index (χ0v) is 7.02. The summed E-state index contributed by atoms with van der Waals surface area (Å²) in [4.78, 5) is 10.6. The van der Waals surface area contributed by atoms with Crippen LogP contribution in [0.4, 0.5) is 0 Å². The van der Waals surface area contributed by atoms with Gasteiger partial charge in [-0.2, -0.15) is 5.10 Å². The summed E-state index contributed by atoms with van der Waals surface area (Å²) in [6, 6.07) is 0. The van der Waals surface area contributed by atoms with E-state index in [0.717, 1.165) is 0 Å². The summed E-state index contributed by atoms with van der Waals surface area (Å²) in [5.41, 5.74) is 0. The third-order valence-electron chi connectivity index (χ3n) is 1.32. The van der Waals surface area contributed by atoms with Crippen LogP contribution in [0.5, 0.6) is 0 Å². The van der Waals surface area contributed by atoms with Crippen LogP contribution < -0.4 is 0 Å². The zero-order chi connectivity index (χ0) is 8.27. The van der Waals surface area contributed by atoms with Gasteiger partial charge in [0.15, 0.2) is 4.77 Å². The van der Waals surface area contributed by atoms with Crippen molar-refractivity contribution >= 4 is 18.0 Å². The molecule has 0 spiro atoms. The average molecular weight is 171 g/mol. The molecule has 0 saturated heterocycles. The first kappa shape index (κ1) is 8.13. The summed E-state index contributed by atoms with van der Waals surface area (Å²) in [7, 11) is 0. The molecular weight excluding hydrogens is 162 g/mol. The molecule has 1 aromatic rings. The molecule has 0 aliphatic heterocycles. The predicted octanol–water partition coefficient (Wildman–Crippen LogP) is 0.920. The molecule has 1 aromatic heterocycles. The highest BCUT2D eigenvalue weighted by atomic mass is 32.1. The standard InChI is InChI=1S/C6H9N3OS/c1-5(10)2-3-9-4-7-8-6(9)11/h4H,2-3H2,1H3,(H,8,11). The van der Waals surface area contributed by atoms with Crippen molar-refractivity contribution in [3.8, 4) is 0 Å². The lowest BCUT2D eigenvalue weighted by Crippen LogP contribution is -2.01. The fourth-order valence-electron chi connectivity index (χ4n) is 0.708. The van der Waals surface area contributed by atoms with Crippen LogP contribution in [-0.2, 0) is 11.3 Å². The second kappa shape index (κ2) is 3.43. The molecule has 0 aliphatic carbocycles. The van der Waals surface area contributed by atoms with Crippen LogP contribution in [0.2, 0.25) is 0 Å². The van der Waals surface area contributed by atoms with Gasteiger partial charge in [0.2, 0.25) is 0 Å². The molecular formula is C6H9N3OS. The van der Waals surface area contributed by atoms with Crippen molar-refractivity contribution in [2.45, 2.75) is 19.9 Å². The van der Waals surface area contributed by atoms with Gasteiger partial charge < -0.3 is 4.57 Å². The summed E-state index contributed by atoms with van der Waals surface area (Å²) >= 11 is 4.87. The third-order valence-corrected chi connectivity index (χ3v) is 1.65. The molecule has 11 heavy (non-hydrogen) atoms. The van der Waals surface area contributed by atoms with E-state index in [9.17, 15) is 4.79 Å². The fraction of sp³-hybridized carbons (Fsp3) is 0.500. The number of Topliss-reactive ketones (excluding diaryl/α,β-unsaturated/α-hetero) is 1. The summed E-state index contributed by atoms with van der Waals surface area (Å²) < 4.78 is 2.29. The number of aromatic nitrogens is 3. The maximum Gasteiger partial charge on any atom is 0.194 e. The van der Waals surface area contributed by atoms with Crippen molar-refractivity contribution in [1.82, 2.24) is 14.8 Å². The predicted molar refractivity (Wildman–Crippen MR) is 42.7 cm³/mol. The van der Waals surface area contributed by atoms with E-state index in [1.54, 1.807) is 17.8 Å². The van der Waals surface area contributed by atoms with Crippen molar-refractivity contribution in [1.29, 1.82) is 0 Å². The molecule has 0 radical (unpaired) electrons. The maximum atomic E-state index is 10.6. The van der Waals surface area contributed by atoms with E-state index in [0.29, 0.717) is 17.7 Å². The maximum absolute atomic E-state index is 10.6. The molecule has 0 aromatic carbocycles. The Bertz CT molecular complexity index is 301. The molecule has 60 valence electrons. The van der Waals surface area contributed by atoms with Crippen molar-refractivity contribution < 1.29 is 4.79 Å². The van der Waals surface area contributed by atoms with Crippen molar-refractivity contribution in [3.05, 3.63) is 11.1 Å². The number of hydrogen-bond acceptors (Lipinski definition) is 3. The number of nitrogens with one attached hydrogen (secondary N) is 1. The smallest absolute Gasteiger partial charge is 0.194 e. The van der Waals surface area contributed by atoms with Crippen LogP contribution in [0.3, 0.4) is 0 Å². The molecule has 0 bridgehead atoms. The van der Waals surface area contributed by atoms with Crippen LogP contribution in [0.1, 0.15) is 13.3 Å². The minimum atomic E-state index is 0.160. The first-order valence-electron chi connectivity index (χ1n) is 3.29. The van der Waals surface area contributed by atoms with Crippen molar-refractivity contribution in [2.75, 3.05) is 0 Å². The summed E-state index contributed by atoms with van der Waals surface area (Å²) in [6.45, 7) is 2.17. The summed E-state index contributed by atoms with van der Waals surface area (Å²) in [6.07, 6.45) is 2.10. The van der Waals surface area contributed by atoms with Gasteiger partial charge in [0.25, 0.3) is 0 Å². The Morgan fingerprint density at radius 3 is 3.09 bits per heavy atom. The van der Waals surface area contributed by atoms with Crippen molar-refractivity contribution in [2.24, 2.45) is 0 Å². The molecule has 4 nitrogen and oxygen atoms in total. The van der Waals surface area contributed by atoms with E-state index in [1.165, 1.54) is 0 Å². The fourth-order valence-corrected chi connectivity index (χ4v) is 0.899. The number of carbonyl (C=O) groups is 1. The van der Waals surface area contributed by atoms with Gasteiger partial charge in [0, 0.05) is 13.0 Å². The van der Waals surface area contributed by atoms with Crippen LogP contribution in [0.15, 0.2) is 6.33 Å². The molecule has 0 atom stereocenters. The molecule has 1 heterocycles. The minimum absolute atomic E-state index is 0.160. The van der Waals surface area contributed by atoms with E-state index in [1.807, 2.05) is 0 Å². The molecule has 1 rings (SSSR count). The topological polar surface area (TPSA) is 50.7 Å². The van der Waals surface area contributed by atoms with Crippen LogP contribution in [0, 0.1) is 4.77 Å². The van der Waals surface area contributed by atoms with E-state index >= 15 is 0 Å². The largest absolute Gasteiger partial charge is 0.306 e. The molecule has 0 amide bonds. The van der Waals surface area contributed by atoms with Crippen LogP contribution in [0.25, 0.3) is 0 Å². The van der Waals surface area contributed by atoms with Gasteiger partial charge in [-0.1, -0.05) is 0 Å². The number of nitrogens with zero attached hydrogens (tertiary/aromatic N) is 2. The number of H-pyrrole nitrogens is 1. The SMILES string of the molecule is CC(=O)CCn1cn[nH]c1=S. The lowest BCUT2D eigenvalue weighted by Gasteiger charge is -1.95. The lowest BCUT2D eigenvalue weighted by atomic mass is 10.3. The van der Waals surface area contributed by atoms with Gasteiger partial charge in [0.05, 0.1) is 0 Å². The van der Waals surface area contributed by atoms with Crippen LogP contribution >= 0.6 is 12.2 Å². The zero-order valence-electron chi connectivity index (χ0n) is 6.20. The second-order valence-corrected chi connectivity index (χ2v) is 2.69. The molecule has 0 fully saturated rings.